The molecule has 1 atom stereocenters. The summed E-state index contributed by atoms with van der Waals surface area (Å²) in [4.78, 5) is 3.30. The number of hydrogen-bond donors (Lipinski definition) is 2. The van der Waals surface area contributed by atoms with Crippen LogP contribution in [0.15, 0.2) is 64.5 Å². The van der Waals surface area contributed by atoms with Crippen LogP contribution in [0.2, 0.25) is 0 Å². The van der Waals surface area contributed by atoms with Crippen LogP contribution in [0, 0.1) is 0 Å². The molecular formula is C18H20N2O4S2. The fourth-order valence-electron chi connectivity index (χ4n) is 2.87. The zero-order chi connectivity index (χ0) is 18.9. The Bertz CT molecular complexity index is 1130. The van der Waals surface area contributed by atoms with Crippen LogP contribution >= 0.6 is 0 Å². The van der Waals surface area contributed by atoms with E-state index in [9.17, 15) is 16.8 Å². The minimum atomic E-state index is -3.73. The maximum atomic E-state index is 12.5. The van der Waals surface area contributed by atoms with Crippen molar-refractivity contribution < 1.29 is 16.8 Å². The molecular weight excluding hydrogens is 372 g/mol. The monoisotopic (exact) mass is 392 g/mol. The molecule has 0 bridgehead atoms. The molecule has 0 aliphatic rings. The maximum absolute atomic E-state index is 12.5. The molecule has 1 unspecified atom stereocenters. The van der Waals surface area contributed by atoms with Gasteiger partial charge in [0.25, 0.3) is 0 Å². The Morgan fingerprint density at radius 1 is 0.962 bits per heavy atom. The van der Waals surface area contributed by atoms with Crippen molar-refractivity contribution in [3.8, 4) is 0 Å². The predicted molar refractivity (Wildman–Crippen MR) is 101 cm³/mol. The van der Waals surface area contributed by atoms with Crippen LogP contribution in [0.1, 0.15) is 12.5 Å². The molecule has 0 aliphatic heterocycles. The molecule has 1 aromatic heterocycles. The zero-order valence-electron chi connectivity index (χ0n) is 14.4. The fourth-order valence-corrected chi connectivity index (χ4v) is 4.74. The Labute approximate surface area is 153 Å². The first-order valence-electron chi connectivity index (χ1n) is 8.04. The van der Waals surface area contributed by atoms with Gasteiger partial charge in [-0.1, -0.05) is 18.2 Å². The maximum Gasteiger partial charge on any atom is 0.240 e. The highest BCUT2D eigenvalue weighted by atomic mass is 32.2. The number of H-pyrrole nitrogens is 1. The van der Waals surface area contributed by atoms with Crippen molar-refractivity contribution >= 4 is 30.8 Å². The molecule has 2 N–H and O–H groups in total. The van der Waals surface area contributed by atoms with Crippen LogP contribution in [-0.4, -0.2) is 34.1 Å². The molecule has 8 heteroatoms. The molecule has 2 aromatic carbocycles. The van der Waals surface area contributed by atoms with Crippen LogP contribution in [0.4, 0.5) is 0 Å². The van der Waals surface area contributed by atoms with Gasteiger partial charge in [-0.2, -0.15) is 0 Å². The van der Waals surface area contributed by atoms with Crippen molar-refractivity contribution in [3.05, 3.63) is 60.3 Å². The lowest BCUT2D eigenvalue weighted by atomic mass is 10.1. The molecule has 0 fully saturated rings. The van der Waals surface area contributed by atoms with Gasteiger partial charge in [-0.3, -0.25) is 0 Å². The van der Waals surface area contributed by atoms with Crippen LogP contribution in [0.5, 0.6) is 0 Å². The SMILES string of the molecule is CC(Cc1c[nH]c2ccccc12)NS(=O)(=O)c1ccc(S(C)(=O)=O)cc1. The highest BCUT2D eigenvalue weighted by Gasteiger charge is 2.19. The number of aromatic nitrogens is 1. The first-order chi connectivity index (χ1) is 12.2. The lowest BCUT2D eigenvalue weighted by molar-refractivity contribution is 0.560. The van der Waals surface area contributed by atoms with Crippen molar-refractivity contribution in [1.29, 1.82) is 0 Å². The summed E-state index contributed by atoms with van der Waals surface area (Å²) in [5.74, 6) is 0. The molecule has 0 amide bonds. The normalized spacial score (nSPS) is 13.8. The number of rotatable bonds is 6. The fraction of sp³-hybridized carbons (Fsp3) is 0.222. The molecule has 3 rings (SSSR count). The number of sulfone groups is 1. The minimum Gasteiger partial charge on any atom is -0.361 e. The third kappa shape index (κ3) is 3.98. The van der Waals surface area contributed by atoms with Crippen LogP contribution in [0.3, 0.4) is 0 Å². The highest BCUT2D eigenvalue weighted by Crippen LogP contribution is 2.20. The van der Waals surface area contributed by atoms with E-state index in [2.05, 4.69) is 9.71 Å². The third-order valence-corrected chi connectivity index (χ3v) is 6.85. The van der Waals surface area contributed by atoms with Crippen LogP contribution in [0.25, 0.3) is 10.9 Å². The second-order valence-electron chi connectivity index (χ2n) is 6.33. The first kappa shape index (κ1) is 18.6. The molecule has 0 aliphatic carbocycles. The van der Waals surface area contributed by atoms with Gasteiger partial charge in [-0.15, -0.1) is 0 Å². The second kappa shape index (κ2) is 6.86. The van der Waals surface area contributed by atoms with E-state index < -0.39 is 19.9 Å². The summed E-state index contributed by atoms with van der Waals surface area (Å²) >= 11 is 0. The van der Waals surface area contributed by atoms with Crippen LogP contribution < -0.4 is 4.72 Å². The summed E-state index contributed by atoms with van der Waals surface area (Å²) in [6.45, 7) is 1.80. The Balaban J connectivity index is 1.76. The van der Waals surface area contributed by atoms with Crippen molar-refractivity contribution in [2.45, 2.75) is 29.2 Å². The summed E-state index contributed by atoms with van der Waals surface area (Å²) in [5, 5.41) is 1.07. The number of hydrogen-bond acceptors (Lipinski definition) is 4. The molecule has 0 spiro atoms. The number of benzene rings is 2. The number of fused-ring (bicyclic) bond motifs is 1. The topological polar surface area (TPSA) is 96.1 Å². The summed E-state index contributed by atoms with van der Waals surface area (Å²) in [6, 6.07) is 12.7. The summed E-state index contributed by atoms with van der Waals surface area (Å²) < 4.78 is 50.7. The van der Waals surface area contributed by atoms with Gasteiger partial charge in [-0.25, -0.2) is 21.6 Å². The Hall–Kier alpha value is -2.16. The quantitative estimate of drug-likeness (QED) is 0.674. The lowest BCUT2D eigenvalue weighted by Crippen LogP contribution is -2.34. The molecule has 138 valence electrons. The van der Waals surface area contributed by atoms with Gasteiger partial charge >= 0.3 is 0 Å². The van der Waals surface area contributed by atoms with Crippen molar-refractivity contribution in [2.24, 2.45) is 0 Å². The van der Waals surface area contributed by atoms with E-state index in [4.69, 9.17) is 0 Å². The Kier molecular flexibility index (Phi) is 4.92. The molecule has 0 radical (unpaired) electrons. The summed E-state index contributed by atoms with van der Waals surface area (Å²) in [7, 11) is -7.10. The van der Waals surface area contributed by atoms with Gasteiger partial charge in [0, 0.05) is 29.4 Å². The second-order valence-corrected chi connectivity index (χ2v) is 10.1. The third-order valence-electron chi connectivity index (χ3n) is 4.12. The molecule has 0 saturated heterocycles. The van der Waals surface area contributed by atoms with Gasteiger partial charge in [-0.05, 0) is 49.2 Å². The Morgan fingerprint density at radius 2 is 1.58 bits per heavy atom. The largest absolute Gasteiger partial charge is 0.361 e. The Morgan fingerprint density at radius 3 is 2.23 bits per heavy atom. The van der Waals surface area contributed by atoms with Gasteiger partial charge < -0.3 is 4.98 Å². The van der Waals surface area contributed by atoms with Crippen molar-refractivity contribution in [3.63, 3.8) is 0 Å². The number of aromatic amines is 1. The van der Waals surface area contributed by atoms with Crippen LogP contribution in [-0.2, 0) is 26.3 Å². The number of nitrogens with one attached hydrogen (secondary N) is 2. The highest BCUT2D eigenvalue weighted by molar-refractivity contribution is 7.90. The number of sulfonamides is 1. The molecule has 0 saturated carbocycles. The van der Waals surface area contributed by atoms with E-state index in [1.807, 2.05) is 30.5 Å². The van der Waals surface area contributed by atoms with Gasteiger partial charge in [0.1, 0.15) is 0 Å². The minimum absolute atomic E-state index is 0.0377. The van der Waals surface area contributed by atoms with E-state index in [0.29, 0.717) is 6.42 Å². The van der Waals surface area contributed by atoms with E-state index in [-0.39, 0.29) is 15.8 Å². The number of para-hydroxylation sites is 1. The average molecular weight is 393 g/mol. The van der Waals surface area contributed by atoms with Gasteiger partial charge in [0.15, 0.2) is 9.84 Å². The molecule has 6 nitrogen and oxygen atoms in total. The molecule has 1 heterocycles. The van der Waals surface area contributed by atoms with Gasteiger partial charge in [0.05, 0.1) is 9.79 Å². The van der Waals surface area contributed by atoms with E-state index in [1.54, 1.807) is 6.92 Å². The molecule has 3 aromatic rings. The summed E-state index contributed by atoms with van der Waals surface area (Å²) in [6.07, 6.45) is 3.50. The van der Waals surface area contributed by atoms with Gasteiger partial charge in [0.2, 0.25) is 10.0 Å². The van der Waals surface area contributed by atoms with Crippen molar-refractivity contribution in [2.75, 3.05) is 6.26 Å². The van der Waals surface area contributed by atoms with E-state index >= 15 is 0 Å². The van der Waals surface area contributed by atoms with E-state index in [1.165, 1.54) is 24.3 Å². The lowest BCUT2D eigenvalue weighted by Gasteiger charge is -2.14. The summed E-state index contributed by atoms with van der Waals surface area (Å²) in [5.41, 5.74) is 2.04. The standard InChI is InChI=1S/C18H20N2O4S2/c1-13(11-14-12-19-18-6-4-3-5-17(14)18)20-26(23,24)16-9-7-15(8-10-16)25(2,21)22/h3-10,12-13,19-20H,11H2,1-2H3. The molecule has 26 heavy (non-hydrogen) atoms. The van der Waals surface area contributed by atoms with E-state index in [0.717, 1.165) is 22.7 Å². The first-order valence-corrected chi connectivity index (χ1v) is 11.4. The van der Waals surface area contributed by atoms with Crippen molar-refractivity contribution in [1.82, 2.24) is 9.71 Å². The smallest absolute Gasteiger partial charge is 0.240 e. The average Bonchev–Trinajstić information content (AvgIpc) is 2.97. The predicted octanol–water partition coefficient (Wildman–Crippen LogP) is 2.48. The zero-order valence-corrected chi connectivity index (χ0v) is 16.1.